The van der Waals surface area contributed by atoms with Gasteiger partial charge in [0, 0.05) is 16.7 Å². The lowest BCUT2D eigenvalue weighted by Crippen LogP contribution is -2.34. The van der Waals surface area contributed by atoms with Gasteiger partial charge in [-0.05, 0) is 48.0 Å². The summed E-state index contributed by atoms with van der Waals surface area (Å²) in [6, 6.07) is 16.6. The topological polar surface area (TPSA) is 63.9 Å². The van der Waals surface area contributed by atoms with Gasteiger partial charge in [0.05, 0.1) is 12.8 Å². The van der Waals surface area contributed by atoms with Crippen LogP contribution in [0.5, 0.6) is 11.5 Å². The van der Waals surface area contributed by atoms with E-state index in [2.05, 4.69) is 21.2 Å². The first-order valence-corrected chi connectivity index (χ1v) is 9.19. The SMILES string of the molecule is O=C(Nc1cccc(Br)c1)N(Cc1ccc2c(c1)OCO2)Cc1ccco1. The summed E-state index contributed by atoms with van der Waals surface area (Å²) in [5.41, 5.74) is 1.65. The summed E-state index contributed by atoms with van der Waals surface area (Å²) in [5, 5.41) is 2.93. The number of carbonyl (C=O) groups is 1. The summed E-state index contributed by atoms with van der Waals surface area (Å²) in [7, 11) is 0. The lowest BCUT2D eigenvalue weighted by molar-refractivity contribution is 0.174. The van der Waals surface area contributed by atoms with Gasteiger partial charge in [0.2, 0.25) is 6.79 Å². The highest BCUT2D eigenvalue weighted by Crippen LogP contribution is 2.33. The Hall–Kier alpha value is -2.93. The number of rotatable bonds is 5. The molecule has 2 aromatic carbocycles. The lowest BCUT2D eigenvalue weighted by atomic mass is 10.2. The summed E-state index contributed by atoms with van der Waals surface area (Å²) < 4.78 is 17.1. The van der Waals surface area contributed by atoms with Gasteiger partial charge in [-0.2, -0.15) is 0 Å². The zero-order valence-corrected chi connectivity index (χ0v) is 15.9. The van der Waals surface area contributed by atoms with Crippen LogP contribution in [0.4, 0.5) is 10.5 Å². The molecule has 7 heteroatoms. The number of hydrogen-bond acceptors (Lipinski definition) is 4. The van der Waals surface area contributed by atoms with Crippen molar-refractivity contribution < 1.29 is 18.7 Å². The molecule has 138 valence electrons. The predicted octanol–water partition coefficient (Wildman–Crippen LogP) is 5.01. The molecule has 0 fully saturated rings. The highest BCUT2D eigenvalue weighted by molar-refractivity contribution is 9.10. The van der Waals surface area contributed by atoms with E-state index in [4.69, 9.17) is 13.9 Å². The van der Waals surface area contributed by atoms with Crippen LogP contribution in [-0.2, 0) is 13.1 Å². The van der Waals surface area contributed by atoms with Crippen molar-refractivity contribution >= 4 is 27.6 Å². The molecule has 0 saturated heterocycles. The van der Waals surface area contributed by atoms with Crippen molar-refractivity contribution in [3.8, 4) is 11.5 Å². The Balaban J connectivity index is 1.53. The molecule has 1 N–H and O–H groups in total. The number of amides is 2. The second-order valence-corrected chi connectivity index (χ2v) is 6.98. The number of nitrogens with one attached hydrogen (secondary N) is 1. The minimum Gasteiger partial charge on any atom is -0.467 e. The molecule has 4 rings (SSSR count). The van der Waals surface area contributed by atoms with Gasteiger partial charge in [0.1, 0.15) is 5.76 Å². The first-order valence-electron chi connectivity index (χ1n) is 8.40. The Bertz CT molecular complexity index is 943. The van der Waals surface area contributed by atoms with Crippen LogP contribution in [0.15, 0.2) is 69.8 Å². The lowest BCUT2D eigenvalue weighted by Gasteiger charge is -2.22. The highest BCUT2D eigenvalue weighted by Gasteiger charge is 2.19. The second-order valence-electron chi connectivity index (χ2n) is 6.06. The van der Waals surface area contributed by atoms with Crippen molar-refractivity contribution in [2.24, 2.45) is 0 Å². The third-order valence-corrected chi connectivity index (χ3v) is 4.59. The van der Waals surface area contributed by atoms with Crippen molar-refractivity contribution in [2.45, 2.75) is 13.1 Å². The molecule has 1 aliphatic heterocycles. The molecule has 0 atom stereocenters. The van der Waals surface area contributed by atoms with Gasteiger partial charge in [-0.3, -0.25) is 0 Å². The zero-order chi connectivity index (χ0) is 18.6. The number of anilines is 1. The first-order chi connectivity index (χ1) is 13.2. The quantitative estimate of drug-likeness (QED) is 0.620. The van der Waals surface area contributed by atoms with Gasteiger partial charge < -0.3 is 24.1 Å². The minimum atomic E-state index is -0.220. The monoisotopic (exact) mass is 428 g/mol. The molecule has 2 amide bonds. The number of benzene rings is 2. The molecular formula is C20H17BrN2O4. The molecule has 0 spiro atoms. The van der Waals surface area contributed by atoms with Crippen LogP contribution in [0.2, 0.25) is 0 Å². The minimum absolute atomic E-state index is 0.220. The first kappa shape index (κ1) is 17.5. The van der Waals surface area contributed by atoms with Gasteiger partial charge >= 0.3 is 6.03 Å². The van der Waals surface area contributed by atoms with Crippen molar-refractivity contribution in [1.82, 2.24) is 4.90 Å². The smallest absolute Gasteiger partial charge is 0.322 e. The van der Waals surface area contributed by atoms with Gasteiger partial charge in [0.15, 0.2) is 11.5 Å². The van der Waals surface area contributed by atoms with Gasteiger partial charge in [-0.25, -0.2) is 4.79 Å². The Labute approximate surface area is 164 Å². The van der Waals surface area contributed by atoms with E-state index < -0.39 is 0 Å². The summed E-state index contributed by atoms with van der Waals surface area (Å²) in [4.78, 5) is 14.6. The number of hydrogen-bond donors (Lipinski definition) is 1. The van der Waals surface area contributed by atoms with Crippen LogP contribution < -0.4 is 14.8 Å². The van der Waals surface area contributed by atoms with Crippen LogP contribution in [-0.4, -0.2) is 17.7 Å². The molecule has 0 aliphatic carbocycles. The third kappa shape index (κ3) is 4.25. The summed E-state index contributed by atoms with van der Waals surface area (Å²) >= 11 is 3.41. The van der Waals surface area contributed by atoms with Crippen molar-refractivity contribution in [2.75, 3.05) is 12.1 Å². The standard InChI is InChI=1S/C20H17BrN2O4/c21-15-3-1-4-16(10-15)22-20(24)23(12-17-5-2-8-25-17)11-14-6-7-18-19(9-14)27-13-26-18/h1-10H,11-13H2,(H,22,24). The van der Waals surface area contributed by atoms with Crippen molar-refractivity contribution in [3.05, 3.63) is 76.7 Å². The average molecular weight is 429 g/mol. The largest absolute Gasteiger partial charge is 0.467 e. The van der Waals surface area contributed by atoms with Crippen molar-refractivity contribution in [1.29, 1.82) is 0 Å². The highest BCUT2D eigenvalue weighted by atomic mass is 79.9. The maximum atomic E-state index is 12.9. The molecule has 0 radical (unpaired) electrons. The fourth-order valence-corrected chi connectivity index (χ4v) is 3.22. The van der Waals surface area contributed by atoms with E-state index in [9.17, 15) is 4.79 Å². The van der Waals surface area contributed by atoms with E-state index in [0.717, 1.165) is 15.8 Å². The maximum absolute atomic E-state index is 12.9. The van der Waals surface area contributed by atoms with E-state index >= 15 is 0 Å². The number of halogens is 1. The molecule has 6 nitrogen and oxygen atoms in total. The molecule has 1 aliphatic rings. The van der Waals surface area contributed by atoms with Crippen LogP contribution >= 0.6 is 15.9 Å². The Morgan fingerprint density at radius 3 is 2.74 bits per heavy atom. The van der Waals surface area contributed by atoms with E-state index in [1.54, 1.807) is 17.2 Å². The Kier molecular flexibility index (Phi) is 5.02. The zero-order valence-electron chi connectivity index (χ0n) is 14.4. The van der Waals surface area contributed by atoms with Crippen molar-refractivity contribution in [3.63, 3.8) is 0 Å². The second kappa shape index (κ2) is 7.75. The van der Waals surface area contributed by atoms with Gasteiger partial charge in [0.25, 0.3) is 0 Å². The molecule has 0 saturated carbocycles. The maximum Gasteiger partial charge on any atom is 0.322 e. The summed E-state index contributed by atoms with van der Waals surface area (Å²) in [5.74, 6) is 2.12. The Morgan fingerprint density at radius 2 is 1.93 bits per heavy atom. The molecule has 0 unspecified atom stereocenters. The molecule has 0 bridgehead atoms. The third-order valence-electron chi connectivity index (χ3n) is 4.10. The fraction of sp³-hybridized carbons (Fsp3) is 0.150. The van der Waals surface area contributed by atoms with E-state index in [0.29, 0.717) is 30.3 Å². The molecule has 27 heavy (non-hydrogen) atoms. The van der Waals surface area contributed by atoms with Crippen LogP contribution in [0.25, 0.3) is 0 Å². The van der Waals surface area contributed by atoms with E-state index in [1.165, 1.54) is 0 Å². The Morgan fingerprint density at radius 1 is 1.04 bits per heavy atom. The normalized spacial score (nSPS) is 12.0. The molecule has 3 aromatic rings. The van der Waals surface area contributed by atoms with Crippen LogP contribution in [0, 0.1) is 0 Å². The van der Waals surface area contributed by atoms with Crippen LogP contribution in [0.1, 0.15) is 11.3 Å². The van der Waals surface area contributed by atoms with Gasteiger partial charge in [-0.15, -0.1) is 0 Å². The number of furan rings is 1. The predicted molar refractivity (Wildman–Crippen MR) is 104 cm³/mol. The molecular weight excluding hydrogens is 412 g/mol. The average Bonchev–Trinajstić information content (AvgIpc) is 3.32. The number of urea groups is 1. The summed E-state index contributed by atoms with van der Waals surface area (Å²) in [6.07, 6.45) is 1.60. The number of ether oxygens (including phenoxy) is 2. The fourth-order valence-electron chi connectivity index (χ4n) is 2.82. The van der Waals surface area contributed by atoms with E-state index in [-0.39, 0.29) is 12.8 Å². The number of nitrogens with zero attached hydrogens (tertiary/aromatic N) is 1. The molecule has 1 aromatic heterocycles. The van der Waals surface area contributed by atoms with Gasteiger partial charge in [-0.1, -0.05) is 28.1 Å². The molecule has 2 heterocycles. The van der Waals surface area contributed by atoms with E-state index in [1.807, 2.05) is 48.5 Å². The number of fused-ring (bicyclic) bond motifs is 1. The number of carbonyl (C=O) groups excluding carboxylic acids is 1. The van der Waals surface area contributed by atoms with Crippen LogP contribution in [0.3, 0.4) is 0 Å². The summed E-state index contributed by atoms with van der Waals surface area (Å²) in [6.45, 7) is 0.969.